The largest absolute Gasteiger partial charge is 0.458 e. The molecule has 1 N–H and O–H groups in total. The molecule has 3 nitrogen and oxygen atoms in total. The van der Waals surface area contributed by atoms with Crippen LogP contribution in [0.5, 0.6) is 0 Å². The molecule has 1 atom stereocenters. The average molecular weight is 255 g/mol. The van der Waals surface area contributed by atoms with Gasteiger partial charge in [-0.15, -0.1) is 0 Å². The zero-order valence-electron chi connectivity index (χ0n) is 9.81. The van der Waals surface area contributed by atoms with Crippen LogP contribution in [-0.2, 0) is 4.74 Å². The van der Waals surface area contributed by atoms with Gasteiger partial charge in [-0.25, -0.2) is 0 Å². The third kappa shape index (κ3) is 3.00. The fraction of sp³-hybridized carbons (Fsp3) is 0.385. The number of aliphatic hydroxyl groups is 1. The van der Waals surface area contributed by atoms with Crippen molar-refractivity contribution in [2.45, 2.75) is 26.1 Å². The molecule has 0 fully saturated rings. The van der Waals surface area contributed by atoms with Crippen LogP contribution in [0.1, 0.15) is 25.7 Å². The Hall–Kier alpha value is -1.03. The third-order valence-corrected chi connectivity index (χ3v) is 2.65. The first kappa shape index (κ1) is 12.4. The number of aliphatic hydroxyl groups excluding tert-OH is 1. The van der Waals surface area contributed by atoms with Crippen LogP contribution in [-0.4, -0.2) is 17.8 Å². The summed E-state index contributed by atoms with van der Waals surface area (Å²) in [5, 5.41) is 11.4. The van der Waals surface area contributed by atoms with Crippen LogP contribution in [0, 0.1) is 0 Å². The lowest BCUT2D eigenvalue weighted by molar-refractivity contribution is -0.00287. The third-order valence-electron chi connectivity index (χ3n) is 2.41. The highest BCUT2D eigenvalue weighted by atomic mass is 35.5. The van der Waals surface area contributed by atoms with Crippen molar-refractivity contribution in [3.63, 3.8) is 0 Å². The van der Waals surface area contributed by atoms with E-state index in [1.807, 2.05) is 13.8 Å². The smallest absolute Gasteiger partial charge is 0.136 e. The minimum Gasteiger partial charge on any atom is -0.458 e. The Balaban J connectivity index is 2.18. The number of hydrogen-bond acceptors (Lipinski definition) is 3. The van der Waals surface area contributed by atoms with E-state index in [9.17, 15) is 5.11 Å². The lowest BCUT2D eigenvalue weighted by atomic mass is 10.2. The molecule has 1 heterocycles. The van der Waals surface area contributed by atoms with E-state index in [-0.39, 0.29) is 12.7 Å². The van der Waals surface area contributed by atoms with Gasteiger partial charge in [0.15, 0.2) is 0 Å². The first-order chi connectivity index (χ1) is 8.06. The van der Waals surface area contributed by atoms with E-state index in [1.54, 1.807) is 24.3 Å². The van der Waals surface area contributed by atoms with E-state index in [0.717, 1.165) is 5.39 Å². The minimum atomic E-state index is -0.747. The normalized spacial score (nSPS) is 13.5. The van der Waals surface area contributed by atoms with E-state index in [1.165, 1.54) is 0 Å². The summed E-state index contributed by atoms with van der Waals surface area (Å²) in [6.07, 6.45) is -0.660. The zero-order chi connectivity index (χ0) is 12.4. The molecular formula is C13H15ClO3. The molecule has 0 spiro atoms. The molecule has 0 saturated carbocycles. The molecule has 2 rings (SSSR count). The highest BCUT2D eigenvalue weighted by molar-refractivity contribution is 6.31. The fourth-order valence-corrected chi connectivity index (χ4v) is 1.75. The lowest BCUT2D eigenvalue weighted by Crippen LogP contribution is -2.11. The minimum absolute atomic E-state index is 0.0865. The first-order valence-electron chi connectivity index (χ1n) is 5.55. The first-order valence-corrected chi connectivity index (χ1v) is 5.92. The summed E-state index contributed by atoms with van der Waals surface area (Å²) in [6.45, 7) is 4.07. The molecule has 0 radical (unpaired) electrons. The predicted molar refractivity (Wildman–Crippen MR) is 67.3 cm³/mol. The molecule has 0 aliphatic heterocycles. The molecule has 17 heavy (non-hydrogen) atoms. The van der Waals surface area contributed by atoms with Crippen LogP contribution in [0.25, 0.3) is 11.0 Å². The van der Waals surface area contributed by atoms with Gasteiger partial charge in [0, 0.05) is 10.4 Å². The van der Waals surface area contributed by atoms with Crippen LogP contribution in [0.3, 0.4) is 0 Å². The van der Waals surface area contributed by atoms with Gasteiger partial charge in [-0.1, -0.05) is 11.6 Å². The number of benzene rings is 1. The molecular weight excluding hydrogens is 240 g/mol. The molecule has 0 aliphatic carbocycles. The number of furan rings is 1. The highest BCUT2D eigenvalue weighted by Crippen LogP contribution is 2.26. The second-order valence-corrected chi connectivity index (χ2v) is 4.67. The summed E-state index contributed by atoms with van der Waals surface area (Å²) in [5.41, 5.74) is 0.716. The summed E-state index contributed by atoms with van der Waals surface area (Å²) in [4.78, 5) is 0. The standard InChI is InChI=1S/C13H15ClO3/c1-8(2)16-7-11(15)13-6-9-5-10(14)3-4-12(9)17-13/h3-6,8,11,15H,7H2,1-2H3. The topological polar surface area (TPSA) is 42.6 Å². The van der Waals surface area contributed by atoms with Gasteiger partial charge in [-0.05, 0) is 38.1 Å². The molecule has 1 aromatic carbocycles. The molecule has 0 bridgehead atoms. The summed E-state index contributed by atoms with van der Waals surface area (Å²) >= 11 is 5.88. The number of fused-ring (bicyclic) bond motifs is 1. The van der Waals surface area contributed by atoms with Gasteiger partial charge in [-0.2, -0.15) is 0 Å². The van der Waals surface area contributed by atoms with Crippen molar-refractivity contribution in [2.24, 2.45) is 0 Å². The van der Waals surface area contributed by atoms with E-state index >= 15 is 0 Å². The van der Waals surface area contributed by atoms with E-state index in [0.29, 0.717) is 16.4 Å². The van der Waals surface area contributed by atoms with Crippen molar-refractivity contribution >= 4 is 22.6 Å². The molecule has 1 aromatic heterocycles. The SMILES string of the molecule is CC(C)OCC(O)c1cc2cc(Cl)ccc2o1. The summed E-state index contributed by atoms with van der Waals surface area (Å²) < 4.78 is 10.9. The highest BCUT2D eigenvalue weighted by Gasteiger charge is 2.14. The zero-order valence-corrected chi connectivity index (χ0v) is 10.6. The number of halogens is 1. The van der Waals surface area contributed by atoms with Crippen molar-refractivity contribution < 1.29 is 14.3 Å². The quantitative estimate of drug-likeness (QED) is 0.907. The van der Waals surface area contributed by atoms with Crippen molar-refractivity contribution in [3.8, 4) is 0 Å². The second kappa shape index (κ2) is 5.08. The summed E-state index contributed by atoms with van der Waals surface area (Å²) in [7, 11) is 0. The van der Waals surface area contributed by atoms with Gasteiger partial charge in [0.05, 0.1) is 12.7 Å². The molecule has 4 heteroatoms. The Labute approximate surface area is 105 Å². The molecule has 92 valence electrons. The van der Waals surface area contributed by atoms with Crippen LogP contribution in [0.15, 0.2) is 28.7 Å². The maximum Gasteiger partial charge on any atom is 0.136 e. The van der Waals surface area contributed by atoms with Gasteiger partial charge in [0.1, 0.15) is 17.4 Å². The fourth-order valence-electron chi connectivity index (χ4n) is 1.56. The average Bonchev–Trinajstić information content (AvgIpc) is 2.68. The monoisotopic (exact) mass is 254 g/mol. The molecule has 0 aliphatic rings. The van der Waals surface area contributed by atoms with Crippen LogP contribution < -0.4 is 0 Å². The predicted octanol–water partition coefficient (Wildman–Crippen LogP) is 3.54. The Morgan fingerprint density at radius 3 is 2.82 bits per heavy atom. The van der Waals surface area contributed by atoms with E-state index in [4.69, 9.17) is 20.8 Å². The van der Waals surface area contributed by atoms with Crippen molar-refractivity contribution in [2.75, 3.05) is 6.61 Å². The Morgan fingerprint density at radius 2 is 2.12 bits per heavy atom. The molecule has 0 saturated heterocycles. The molecule has 2 aromatic rings. The van der Waals surface area contributed by atoms with Gasteiger partial charge >= 0.3 is 0 Å². The maximum atomic E-state index is 9.89. The van der Waals surface area contributed by atoms with Crippen LogP contribution in [0.2, 0.25) is 5.02 Å². The molecule has 0 amide bonds. The Morgan fingerprint density at radius 1 is 1.35 bits per heavy atom. The van der Waals surface area contributed by atoms with E-state index < -0.39 is 6.10 Å². The lowest BCUT2D eigenvalue weighted by Gasteiger charge is -2.10. The summed E-state index contributed by atoms with van der Waals surface area (Å²) in [6, 6.07) is 7.14. The van der Waals surface area contributed by atoms with Crippen molar-refractivity contribution in [1.82, 2.24) is 0 Å². The van der Waals surface area contributed by atoms with Crippen molar-refractivity contribution in [1.29, 1.82) is 0 Å². The van der Waals surface area contributed by atoms with E-state index in [2.05, 4.69) is 0 Å². The maximum absolute atomic E-state index is 9.89. The van der Waals surface area contributed by atoms with Gasteiger partial charge in [0.2, 0.25) is 0 Å². The number of ether oxygens (including phenoxy) is 1. The van der Waals surface area contributed by atoms with Crippen LogP contribution >= 0.6 is 11.6 Å². The Kier molecular flexibility index (Phi) is 3.72. The molecule has 1 unspecified atom stereocenters. The van der Waals surface area contributed by atoms with Crippen LogP contribution in [0.4, 0.5) is 0 Å². The van der Waals surface area contributed by atoms with Gasteiger partial charge in [-0.3, -0.25) is 0 Å². The van der Waals surface area contributed by atoms with Gasteiger partial charge < -0.3 is 14.3 Å². The number of rotatable bonds is 4. The second-order valence-electron chi connectivity index (χ2n) is 4.23. The Bertz CT molecular complexity index is 504. The number of hydrogen-bond donors (Lipinski definition) is 1. The van der Waals surface area contributed by atoms with Gasteiger partial charge in [0.25, 0.3) is 0 Å². The summed E-state index contributed by atoms with van der Waals surface area (Å²) in [5.74, 6) is 0.503. The van der Waals surface area contributed by atoms with Crippen molar-refractivity contribution in [3.05, 3.63) is 35.0 Å².